The molecule has 1 heterocycles. The van der Waals surface area contributed by atoms with Gasteiger partial charge in [-0.3, -0.25) is 4.52 Å². The van der Waals surface area contributed by atoms with Crippen LogP contribution in [0.1, 0.15) is 0 Å². The van der Waals surface area contributed by atoms with Crippen LogP contribution in [0.15, 0.2) is 12.2 Å². The lowest BCUT2D eigenvalue weighted by molar-refractivity contribution is -0.0152. The van der Waals surface area contributed by atoms with Crippen molar-refractivity contribution in [1.29, 1.82) is 0 Å². The van der Waals surface area contributed by atoms with E-state index in [-0.39, 0.29) is 6.61 Å². The zero-order chi connectivity index (χ0) is 19.3. The van der Waals surface area contributed by atoms with Gasteiger partial charge in [0.2, 0.25) is 0 Å². The Balaban J connectivity index is 2.59. The molecule has 1 aliphatic heterocycles. The summed E-state index contributed by atoms with van der Waals surface area (Å²) in [4.78, 5) is 35.3. The Morgan fingerprint density at radius 3 is 2.40 bits per heavy atom. The molecular formula is C8H17O12P3S2. The van der Waals surface area contributed by atoms with Crippen molar-refractivity contribution in [3.05, 3.63) is 12.2 Å². The number of hydrogen-bond donors (Lipinski definition) is 4. The molecule has 1 rings (SSSR count). The first kappa shape index (κ1) is 23.8. The largest absolute Gasteiger partial charge is 0.490 e. The second-order valence-electron chi connectivity index (χ2n) is 4.38. The van der Waals surface area contributed by atoms with Gasteiger partial charge in [-0.2, -0.15) is 8.62 Å². The van der Waals surface area contributed by atoms with Gasteiger partial charge in [0.15, 0.2) is 0 Å². The van der Waals surface area contributed by atoms with Crippen molar-refractivity contribution < 1.29 is 55.9 Å². The second-order valence-corrected chi connectivity index (χ2v) is 11.3. The van der Waals surface area contributed by atoms with Crippen LogP contribution in [0.2, 0.25) is 0 Å². The van der Waals surface area contributed by atoms with Crippen molar-refractivity contribution in [2.75, 3.05) is 25.4 Å². The maximum atomic E-state index is 11.6. The zero-order valence-electron chi connectivity index (χ0n) is 12.7. The average molecular weight is 462 g/mol. The molecule has 1 fully saturated rings. The second kappa shape index (κ2) is 9.81. The summed E-state index contributed by atoms with van der Waals surface area (Å²) in [5, 5.41) is 0. The summed E-state index contributed by atoms with van der Waals surface area (Å²) in [7, 11) is -13.3. The molecule has 17 heteroatoms. The molecule has 12 nitrogen and oxygen atoms in total. The number of hydrogen-bond acceptors (Lipinski definition) is 10. The lowest BCUT2D eigenvalue weighted by atomic mass is 10.1. The molecule has 0 bridgehead atoms. The highest BCUT2D eigenvalue weighted by Gasteiger charge is 2.42. The molecule has 1 saturated heterocycles. The summed E-state index contributed by atoms with van der Waals surface area (Å²) >= 11 is 0. The van der Waals surface area contributed by atoms with Crippen molar-refractivity contribution in [3.8, 4) is 0 Å². The van der Waals surface area contributed by atoms with E-state index in [9.17, 15) is 18.6 Å². The van der Waals surface area contributed by atoms with Crippen LogP contribution in [0.25, 0.3) is 0 Å². The Labute approximate surface area is 151 Å². The standard InChI is InChI=1S/C8H17O12P3S2/c1-6-3-16-7(8(6)17-5-25-24-2)4-18-22(12,13)20-23(14,15)19-21(9,10)11/h7-8H,1,3-5H2,2H3,(H,12,13)(H,14,15)(H2,9,10,11)/t7-,8?/m1/s1. The fourth-order valence-corrected chi connectivity index (χ4v) is 5.41. The molecule has 25 heavy (non-hydrogen) atoms. The summed E-state index contributed by atoms with van der Waals surface area (Å²) in [6.45, 7) is 3.29. The third kappa shape index (κ3) is 9.50. The van der Waals surface area contributed by atoms with Crippen LogP contribution in [-0.4, -0.2) is 57.2 Å². The first-order valence-electron chi connectivity index (χ1n) is 6.20. The molecule has 4 N–H and O–H groups in total. The normalized spacial score (nSPS) is 26.4. The molecule has 0 aromatic rings. The highest BCUT2D eigenvalue weighted by molar-refractivity contribution is 8.76. The smallest absolute Gasteiger partial charge is 0.368 e. The highest BCUT2D eigenvalue weighted by atomic mass is 33.1. The van der Waals surface area contributed by atoms with Crippen molar-refractivity contribution >= 4 is 45.1 Å². The molecule has 0 spiro atoms. The van der Waals surface area contributed by atoms with E-state index in [1.807, 2.05) is 6.26 Å². The molecule has 0 saturated carbocycles. The van der Waals surface area contributed by atoms with Crippen molar-refractivity contribution in [2.24, 2.45) is 0 Å². The van der Waals surface area contributed by atoms with Crippen LogP contribution < -0.4 is 0 Å². The summed E-state index contributed by atoms with van der Waals surface area (Å²) in [5.74, 6) is 0.292. The van der Waals surface area contributed by atoms with E-state index in [0.29, 0.717) is 11.5 Å². The summed E-state index contributed by atoms with van der Waals surface area (Å²) in [5.41, 5.74) is 0.571. The van der Waals surface area contributed by atoms with Gasteiger partial charge in [-0.1, -0.05) is 28.2 Å². The van der Waals surface area contributed by atoms with E-state index >= 15 is 0 Å². The van der Waals surface area contributed by atoms with Crippen LogP contribution >= 0.6 is 45.1 Å². The lowest BCUT2D eigenvalue weighted by Gasteiger charge is -2.21. The number of ether oxygens (including phenoxy) is 2. The van der Waals surface area contributed by atoms with Gasteiger partial charge in [-0.25, -0.2) is 13.7 Å². The molecular weight excluding hydrogens is 445 g/mol. The number of phosphoric ester groups is 1. The molecule has 0 amide bonds. The molecule has 3 unspecified atom stereocenters. The third-order valence-corrected chi connectivity index (χ3v) is 7.72. The van der Waals surface area contributed by atoms with E-state index < -0.39 is 42.3 Å². The van der Waals surface area contributed by atoms with Gasteiger partial charge in [0.05, 0.1) is 13.2 Å². The first-order valence-corrected chi connectivity index (χ1v) is 13.4. The summed E-state index contributed by atoms with van der Waals surface area (Å²) < 4.78 is 55.9. The van der Waals surface area contributed by atoms with Crippen LogP contribution in [-0.2, 0) is 36.3 Å². The number of rotatable bonds is 11. The third-order valence-electron chi connectivity index (χ3n) is 2.45. The molecule has 0 aromatic heterocycles. The maximum Gasteiger partial charge on any atom is 0.490 e. The maximum absolute atomic E-state index is 11.6. The average Bonchev–Trinajstić information content (AvgIpc) is 2.74. The van der Waals surface area contributed by atoms with E-state index in [4.69, 9.17) is 24.2 Å². The lowest BCUT2D eigenvalue weighted by Crippen LogP contribution is -2.29. The molecule has 0 aromatic carbocycles. The van der Waals surface area contributed by atoms with Crippen LogP contribution in [0.3, 0.4) is 0 Å². The van der Waals surface area contributed by atoms with E-state index in [0.717, 1.165) is 0 Å². The molecule has 4 atom stereocenters. The van der Waals surface area contributed by atoms with Gasteiger partial charge in [-0.15, -0.1) is 0 Å². The quantitative estimate of drug-likeness (QED) is 0.114. The minimum absolute atomic E-state index is 0.124. The van der Waals surface area contributed by atoms with Crippen molar-refractivity contribution in [1.82, 2.24) is 0 Å². The first-order chi connectivity index (χ1) is 11.4. The van der Waals surface area contributed by atoms with Gasteiger partial charge in [0.1, 0.15) is 18.1 Å². The van der Waals surface area contributed by atoms with Crippen LogP contribution in [0.5, 0.6) is 0 Å². The predicted octanol–water partition coefficient (Wildman–Crippen LogP) is 1.64. The summed E-state index contributed by atoms with van der Waals surface area (Å²) in [6.07, 6.45) is 0.382. The van der Waals surface area contributed by atoms with Gasteiger partial charge in [-0.05, 0) is 11.8 Å². The minimum atomic E-state index is -5.54. The fourth-order valence-electron chi connectivity index (χ4n) is 1.63. The van der Waals surface area contributed by atoms with E-state index in [1.165, 1.54) is 21.6 Å². The topological polar surface area (TPSA) is 178 Å². The highest BCUT2D eigenvalue weighted by Crippen LogP contribution is 2.66. The Kier molecular flexibility index (Phi) is 9.34. The SMILES string of the molecule is C=C1CO[C@H](COP(=O)(O)OP(=O)(O)OP(=O)(O)O)C1OCSSC. The molecule has 0 aliphatic carbocycles. The van der Waals surface area contributed by atoms with Crippen LogP contribution in [0, 0.1) is 0 Å². The van der Waals surface area contributed by atoms with Crippen molar-refractivity contribution in [2.45, 2.75) is 12.2 Å². The summed E-state index contributed by atoms with van der Waals surface area (Å²) in [6, 6.07) is 0. The Bertz CT molecular complexity index is 607. The van der Waals surface area contributed by atoms with Crippen molar-refractivity contribution in [3.63, 3.8) is 0 Å². The molecule has 148 valence electrons. The Morgan fingerprint density at radius 2 is 1.84 bits per heavy atom. The molecule has 1 aliphatic rings. The Morgan fingerprint density at radius 1 is 1.20 bits per heavy atom. The fraction of sp³-hybridized carbons (Fsp3) is 0.750. The predicted molar refractivity (Wildman–Crippen MR) is 89.5 cm³/mol. The minimum Gasteiger partial charge on any atom is -0.368 e. The van der Waals surface area contributed by atoms with Gasteiger partial charge in [0, 0.05) is 0 Å². The van der Waals surface area contributed by atoms with Gasteiger partial charge >= 0.3 is 23.5 Å². The monoisotopic (exact) mass is 462 g/mol. The number of phosphoric acid groups is 3. The zero-order valence-corrected chi connectivity index (χ0v) is 17.0. The Hall–Kier alpha value is 0.770. The van der Waals surface area contributed by atoms with E-state index in [2.05, 4.69) is 19.7 Å². The van der Waals surface area contributed by atoms with Gasteiger partial charge < -0.3 is 29.0 Å². The van der Waals surface area contributed by atoms with Crippen LogP contribution in [0.4, 0.5) is 0 Å². The van der Waals surface area contributed by atoms with Gasteiger partial charge in [0.25, 0.3) is 0 Å². The molecule has 0 radical (unpaired) electrons. The van der Waals surface area contributed by atoms with E-state index in [1.54, 1.807) is 0 Å².